The highest BCUT2D eigenvalue weighted by Crippen LogP contribution is 2.30. The number of nitrogens with zero attached hydrogens (tertiary/aromatic N) is 3. The summed E-state index contributed by atoms with van der Waals surface area (Å²) in [7, 11) is 0. The minimum absolute atomic E-state index is 0.0283. The summed E-state index contributed by atoms with van der Waals surface area (Å²) in [5.41, 5.74) is 0.742. The number of fused-ring (bicyclic) bond motifs is 1. The lowest BCUT2D eigenvalue weighted by molar-refractivity contribution is -0.384. The average Bonchev–Trinajstić information content (AvgIpc) is 3.32. The second-order valence-corrected chi connectivity index (χ2v) is 6.38. The van der Waals surface area contributed by atoms with Crippen LogP contribution in [0.5, 0.6) is 0 Å². The van der Waals surface area contributed by atoms with Gasteiger partial charge in [-0.15, -0.1) is 0 Å². The molecular formula is C15H17N3O4S. The van der Waals surface area contributed by atoms with Gasteiger partial charge in [-0.3, -0.25) is 14.9 Å². The SMILES string of the molecule is CCOCCn1c(=NC(=O)C2CC2)sc2ccc([N+](=O)[O-])cc21. The molecule has 0 spiro atoms. The summed E-state index contributed by atoms with van der Waals surface area (Å²) in [6.45, 7) is 3.47. The summed E-state index contributed by atoms with van der Waals surface area (Å²) in [5.74, 6) is -0.0499. The Morgan fingerprint density at radius 3 is 2.96 bits per heavy atom. The molecule has 1 aromatic carbocycles. The predicted molar refractivity (Wildman–Crippen MR) is 86.3 cm³/mol. The van der Waals surface area contributed by atoms with Crippen LogP contribution in [0.25, 0.3) is 10.2 Å². The van der Waals surface area contributed by atoms with Gasteiger partial charge in [-0.2, -0.15) is 4.99 Å². The third-order valence-electron chi connectivity index (χ3n) is 3.67. The van der Waals surface area contributed by atoms with E-state index in [0.29, 0.717) is 30.1 Å². The third-order valence-corrected chi connectivity index (χ3v) is 4.73. The minimum atomic E-state index is -0.420. The fourth-order valence-corrected chi connectivity index (χ4v) is 3.33. The van der Waals surface area contributed by atoms with Crippen LogP contribution < -0.4 is 4.80 Å². The smallest absolute Gasteiger partial charge is 0.271 e. The van der Waals surface area contributed by atoms with Crippen LogP contribution >= 0.6 is 11.3 Å². The van der Waals surface area contributed by atoms with Crippen LogP contribution in [0.2, 0.25) is 0 Å². The van der Waals surface area contributed by atoms with Crippen molar-refractivity contribution in [2.45, 2.75) is 26.3 Å². The van der Waals surface area contributed by atoms with Crippen molar-refractivity contribution < 1.29 is 14.5 Å². The van der Waals surface area contributed by atoms with Gasteiger partial charge in [-0.05, 0) is 25.8 Å². The van der Waals surface area contributed by atoms with Crippen LogP contribution in [0.1, 0.15) is 19.8 Å². The number of non-ortho nitro benzene ring substituents is 1. The lowest BCUT2D eigenvalue weighted by Crippen LogP contribution is -2.20. The second kappa shape index (κ2) is 6.59. The highest BCUT2D eigenvalue weighted by atomic mass is 32.1. The largest absolute Gasteiger partial charge is 0.380 e. The van der Waals surface area contributed by atoms with Crippen molar-refractivity contribution in [3.05, 3.63) is 33.1 Å². The molecule has 1 saturated carbocycles. The Morgan fingerprint density at radius 2 is 2.30 bits per heavy atom. The number of nitro benzene ring substituents is 1. The van der Waals surface area contributed by atoms with Gasteiger partial charge < -0.3 is 9.30 Å². The normalized spacial score (nSPS) is 15.3. The number of carbonyl (C=O) groups is 1. The van der Waals surface area contributed by atoms with Gasteiger partial charge in [0.15, 0.2) is 4.80 Å². The van der Waals surface area contributed by atoms with Crippen LogP contribution in [-0.4, -0.2) is 28.6 Å². The molecule has 0 unspecified atom stereocenters. The van der Waals surface area contributed by atoms with E-state index in [2.05, 4.69) is 4.99 Å². The number of aromatic nitrogens is 1. The van der Waals surface area contributed by atoms with Crippen molar-refractivity contribution in [2.75, 3.05) is 13.2 Å². The number of hydrogen-bond donors (Lipinski definition) is 0. The molecule has 1 fully saturated rings. The molecular weight excluding hydrogens is 318 g/mol. The number of carbonyl (C=O) groups excluding carboxylic acids is 1. The highest BCUT2D eigenvalue weighted by molar-refractivity contribution is 7.16. The molecule has 0 bridgehead atoms. The number of thiazole rings is 1. The molecule has 1 heterocycles. The van der Waals surface area contributed by atoms with E-state index in [1.807, 2.05) is 11.5 Å². The third kappa shape index (κ3) is 3.48. The molecule has 0 N–H and O–H groups in total. The zero-order chi connectivity index (χ0) is 16.4. The topological polar surface area (TPSA) is 86.7 Å². The second-order valence-electron chi connectivity index (χ2n) is 5.37. The maximum absolute atomic E-state index is 12.0. The fourth-order valence-electron chi connectivity index (χ4n) is 2.29. The van der Waals surface area contributed by atoms with Crippen molar-refractivity contribution in [3.8, 4) is 0 Å². The zero-order valence-corrected chi connectivity index (χ0v) is 13.5. The summed E-state index contributed by atoms with van der Waals surface area (Å²) in [5, 5.41) is 11.0. The molecule has 1 aliphatic rings. The van der Waals surface area contributed by atoms with E-state index in [1.165, 1.54) is 23.5 Å². The summed E-state index contributed by atoms with van der Waals surface area (Å²) in [6.07, 6.45) is 1.80. The molecule has 3 rings (SSSR count). The number of hydrogen-bond acceptors (Lipinski definition) is 5. The Morgan fingerprint density at radius 1 is 1.52 bits per heavy atom. The first-order valence-electron chi connectivity index (χ1n) is 7.54. The van der Waals surface area contributed by atoms with E-state index in [9.17, 15) is 14.9 Å². The van der Waals surface area contributed by atoms with Gasteiger partial charge >= 0.3 is 0 Å². The molecule has 0 radical (unpaired) electrons. The van der Waals surface area contributed by atoms with Gasteiger partial charge in [0.05, 0.1) is 21.7 Å². The molecule has 122 valence electrons. The number of nitro groups is 1. The molecule has 8 heteroatoms. The molecule has 0 aliphatic heterocycles. The summed E-state index contributed by atoms with van der Waals surface area (Å²) >= 11 is 1.37. The first-order valence-corrected chi connectivity index (χ1v) is 8.36. The number of amides is 1. The lowest BCUT2D eigenvalue weighted by atomic mass is 10.3. The quantitative estimate of drug-likeness (QED) is 0.461. The average molecular weight is 335 g/mol. The Bertz CT molecular complexity index is 820. The summed E-state index contributed by atoms with van der Waals surface area (Å²) in [6, 6.07) is 4.70. The first kappa shape index (κ1) is 15.8. The first-order chi connectivity index (χ1) is 11.1. The van der Waals surface area contributed by atoms with E-state index in [0.717, 1.165) is 17.5 Å². The van der Waals surface area contributed by atoms with Crippen LogP contribution in [0.15, 0.2) is 23.2 Å². The Balaban J connectivity index is 2.07. The van der Waals surface area contributed by atoms with Crippen molar-refractivity contribution in [1.29, 1.82) is 0 Å². The van der Waals surface area contributed by atoms with Gasteiger partial charge in [0.2, 0.25) is 0 Å². The lowest BCUT2D eigenvalue weighted by Gasteiger charge is -2.05. The molecule has 1 aromatic heterocycles. The maximum atomic E-state index is 12.0. The Hall–Kier alpha value is -2.06. The van der Waals surface area contributed by atoms with Gasteiger partial charge in [-0.1, -0.05) is 11.3 Å². The van der Waals surface area contributed by atoms with Gasteiger partial charge in [0, 0.05) is 31.2 Å². The van der Waals surface area contributed by atoms with Crippen LogP contribution in [0, 0.1) is 16.0 Å². The number of rotatable bonds is 6. The van der Waals surface area contributed by atoms with Crippen LogP contribution in [-0.2, 0) is 16.1 Å². The van der Waals surface area contributed by atoms with Gasteiger partial charge in [0.25, 0.3) is 11.6 Å². The van der Waals surface area contributed by atoms with E-state index in [4.69, 9.17) is 4.74 Å². The zero-order valence-electron chi connectivity index (χ0n) is 12.7. The molecule has 1 amide bonds. The van der Waals surface area contributed by atoms with Crippen molar-refractivity contribution in [1.82, 2.24) is 4.57 Å². The van der Waals surface area contributed by atoms with Crippen molar-refractivity contribution >= 4 is 33.1 Å². The molecule has 0 atom stereocenters. The predicted octanol–water partition coefficient (Wildman–Crippen LogP) is 2.48. The van der Waals surface area contributed by atoms with Crippen molar-refractivity contribution in [2.24, 2.45) is 10.9 Å². The molecule has 0 saturated heterocycles. The van der Waals surface area contributed by atoms with Gasteiger partial charge in [0.1, 0.15) is 0 Å². The minimum Gasteiger partial charge on any atom is -0.380 e. The van der Waals surface area contributed by atoms with Crippen molar-refractivity contribution in [3.63, 3.8) is 0 Å². The molecule has 1 aliphatic carbocycles. The number of benzene rings is 1. The fraction of sp³-hybridized carbons (Fsp3) is 0.467. The van der Waals surface area contributed by atoms with E-state index >= 15 is 0 Å². The van der Waals surface area contributed by atoms with Crippen LogP contribution in [0.3, 0.4) is 0 Å². The Kier molecular flexibility index (Phi) is 4.53. The standard InChI is InChI=1S/C15H17N3O4S/c1-2-22-8-7-17-12-9-11(18(20)21)5-6-13(12)23-15(17)16-14(19)10-3-4-10/h5-6,9-10H,2-4,7-8H2,1H3. The molecule has 23 heavy (non-hydrogen) atoms. The van der Waals surface area contributed by atoms with Gasteiger partial charge in [-0.25, -0.2) is 0 Å². The highest BCUT2D eigenvalue weighted by Gasteiger charge is 2.29. The van der Waals surface area contributed by atoms with E-state index < -0.39 is 4.92 Å². The van der Waals surface area contributed by atoms with Crippen LogP contribution in [0.4, 0.5) is 5.69 Å². The molecule has 2 aromatic rings. The molecule has 7 nitrogen and oxygen atoms in total. The summed E-state index contributed by atoms with van der Waals surface area (Å²) < 4.78 is 8.08. The van der Waals surface area contributed by atoms with E-state index in [1.54, 1.807) is 6.07 Å². The monoisotopic (exact) mass is 335 g/mol. The number of ether oxygens (including phenoxy) is 1. The summed E-state index contributed by atoms with van der Waals surface area (Å²) in [4.78, 5) is 27.4. The van der Waals surface area contributed by atoms with E-state index in [-0.39, 0.29) is 17.5 Å². The maximum Gasteiger partial charge on any atom is 0.271 e. The Labute approximate surface area is 136 Å².